The van der Waals surface area contributed by atoms with Gasteiger partial charge in [0.15, 0.2) is 0 Å². The van der Waals surface area contributed by atoms with Gasteiger partial charge in [0.25, 0.3) is 0 Å². The molecule has 0 saturated heterocycles. The van der Waals surface area contributed by atoms with Gasteiger partial charge in [-0.05, 0) is 51.1 Å². The van der Waals surface area contributed by atoms with Gasteiger partial charge in [-0.1, -0.05) is 23.8 Å². The molecular formula is C19H25N3O. The Balaban J connectivity index is 1.87. The van der Waals surface area contributed by atoms with Crippen LogP contribution in [0.1, 0.15) is 22.4 Å². The first-order valence-electron chi connectivity index (χ1n) is 7.92. The Kier molecular flexibility index (Phi) is 5.88. The van der Waals surface area contributed by atoms with E-state index in [1.54, 1.807) is 6.20 Å². The van der Waals surface area contributed by atoms with Crippen molar-refractivity contribution in [3.8, 4) is 0 Å². The molecule has 23 heavy (non-hydrogen) atoms. The zero-order valence-corrected chi connectivity index (χ0v) is 14.4. The predicted octanol–water partition coefficient (Wildman–Crippen LogP) is 3.12. The average Bonchev–Trinajstić information content (AvgIpc) is 2.50. The van der Waals surface area contributed by atoms with Crippen LogP contribution in [0.4, 0.5) is 5.69 Å². The fraction of sp³-hybridized carbons (Fsp3) is 0.368. The lowest BCUT2D eigenvalue weighted by Gasteiger charge is -2.18. The van der Waals surface area contributed by atoms with Crippen molar-refractivity contribution >= 4 is 11.6 Å². The number of nitrogens with one attached hydrogen (secondary N) is 1. The summed E-state index contributed by atoms with van der Waals surface area (Å²) in [6, 6.07) is 10.1. The Labute approximate surface area is 138 Å². The van der Waals surface area contributed by atoms with Crippen molar-refractivity contribution in [1.82, 2.24) is 9.88 Å². The second-order valence-corrected chi connectivity index (χ2v) is 6.13. The molecule has 4 heteroatoms. The number of carbonyl (C=O) groups is 1. The number of amides is 1. The smallest absolute Gasteiger partial charge is 0.238 e. The van der Waals surface area contributed by atoms with E-state index in [1.165, 1.54) is 5.56 Å². The summed E-state index contributed by atoms with van der Waals surface area (Å²) in [5.74, 6) is 0.0172. The van der Waals surface area contributed by atoms with Crippen molar-refractivity contribution in [3.63, 3.8) is 0 Å². The molecule has 0 unspecified atom stereocenters. The Bertz CT molecular complexity index is 645. The van der Waals surface area contributed by atoms with Crippen LogP contribution in [0.25, 0.3) is 0 Å². The molecule has 0 aliphatic heterocycles. The number of carbonyl (C=O) groups excluding carboxylic acids is 1. The molecular weight excluding hydrogens is 286 g/mol. The summed E-state index contributed by atoms with van der Waals surface area (Å²) < 4.78 is 0. The molecule has 1 N–H and O–H groups in total. The molecule has 0 aliphatic rings. The lowest BCUT2D eigenvalue weighted by molar-refractivity contribution is -0.117. The van der Waals surface area contributed by atoms with Crippen LogP contribution in [0.5, 0.6) is 0 Å². The highest BCUT2D eigenvalue weighted by molar-refractivity contribution is 5.93. The number of likely N-dealkylation sites (N-methyl/N-ethyl adjacent to an activating group) is 1. The molecule has 1 aromatic heterocycles. The van der Waals surface area contributed by atoms with Crippen LogP contribution in [0.15, 0.2) is 36.5 Å². The van der Waals surface area contributed by atoms with Crippen LogP contribution in [0.2, 0.25) is 0 Å². The molecule has 0 spiro atoms. The van der Waals surface area contributed by atoms with Crippen LogP contribution in [-0.2, 0) is 11.2 Å². The molecule has 1 heterocycles. The first-order chi connectivity index (χ1) is 11.0. The molecule has 2 aromatic rings. The summed E-state index contributed by atoms with van der Waals surface area (Å²) in [6.07, 6.45) is 2.64. The average molecular weight is 311 g/mol. The van der Waals surface area contributed by atoms with Crippen LogP contribution in [0.3, 0.4) is 0 Å². The molecule has 122 valence electrons. The highest BCUT2D eigenvalue weighted by Gasteiger charge is 2.10. The van der Waals surface area contributed by atoms with E-state index >= 15 is 0 Å². The van der Waals surface area contributed by atoms with Gasteiger partial charge >= 0.3 is 0 Å². The standard InChI is InChI=1S/C19H25N3O/c1-14-11-15(2)19(16(3)12-14)21-18(23)13-22(4)10-8-17-7-5-6-9-20-17/h5-7,9,11-12H,8,10,13H2,1-4H3,(H,21,23). The van der Waals surface area contributed by atoms with Gasteiger partial charge in [0.05, 0.1) is 6.54 Å². The zero-order valence-electron chi connectivity index (χ0n) is 14.4. The molecule has 2 rings (SSSR count). The molecule has 1 aromatic carbocycles. The summed E-state index contributed by atoms with van der Waals surface area (Å²) in [6.45, 7) is 7.30. The van der Waals surface area contributed by atoms with E-state index in [-0.39, 0.29) is 5.91 Å². The molecule has 0 saturated carbocycles. The number of anilines is 1. The van der Waals surface area contributed by atoms with Gasteiger partial charge in [-0.15, -0.1) is 0 Å². The van der Waals surface area contributed by atoms with Gasteiger partial charge in [0.2, 0.25) is 5.91 Å². The summed E-state index contributed by atoms with van der Waals surface area (Å²) in [5, 5.41) is 3.04. The maximum Gasteiger partial charge on any atom is 0.238 e. The van der Waals surface area contributed by atoms with E-state index in [0.717, 1.165) is 35.5 Å². The van der Waals surface area contributed by atoms with Crippen molar-refractivity contribution in [3.05, 3.63) is 58.9 Å². The zero-order chi connectivity index (χ0) is 16.8. The van der Waals surface area contributed by atoms with Crippen LogP contribution in [-0.4, -0.2) is 35.9 Å². The highest BCUT2D eigenvalue weighted by Crippen LogP contribution is 2.21. The molecule has 0 fully saturated rings. The van der Waals surface area contributed by atoms with Crippen molar-refractivity contribution in [1.29, 1.82) is 0 Å². The van der Waals surface area contributed by atoms with Crippen molar-refractivity contribution in [2.75, 3.05) is 25.5 Å². The number of rotatable bonds is 6. The third kappa shape index (κ3) is 5.18. The first kappa shape index (κ1) is 17.2. The van der Waals surface area contributed by atoms with Crippen molar-refractivity contribution in [2.24, 2.45) is 0 Å². The minimum atomic E-state index is 0.0172. The minimum Gasteiger partial charge on any atom is -0.324 e. The Morgan fingerprint density at radius 1 is 1.17 bits per heavy atom. The normalized spacial score (nSPS) is 10.8. The summed E-state index contributed by atoms with van der Waals surface area (Å²) in [4.78, 5) is 18.6. The third-order valence-electron chi connectivity index (χ3n) is 3.83. The van der Waals surface area contributed by atoms with E-state index in [1.807, 2.05) is 44.0 Å². The second kappa shape index (κ2) is 7.88. The predicted molar refractivity (Wildman–Crippen MR) is 94.7 cm³/mol. The fourth-order valence-electron chi connectivity index (χ4n) is 2.73. The summed E-state index contributed by atoms with van der Waals surface area (Å²) in [5.41, 5.74) is 5.40. The van der Waals surface area contributed by atoms with Crippen LogP contribution in [0, 0.1) is 20.8 Å². The lowest BCUT2D eigenvalue weighted by atomic mass is 10.1. The van der Waals surface area contributed by atoms with Gasteiger partial charge in [-0.3, -0.25) is 14.7 Å². The third-order valence-corrected chi connectivity index (χ3v) is 3.83. The van der Waals surface area contributed by atoms with E-state index < -0.39 is 0 Å². The summed E-state index contributed by atoms with van der Waals surface area (Å²) in [7, 11) is 1.96. The topological polar surface area (TPSA) is 45.2 Å². The van der Waals surface area contributed by atoms with Gasteiger partial charge in [-0.2, -0.15) is 0 Å². The Morgan fingerprint density at radius 2 is 1.87 bits per heavy atom. The van der Waals surface area contributed by atoms with Gasteiger partial charge in [0, 0.05) is 30.5 Å². The number of hydrogen-bond donors (Lipinski definition) is 1. The largest absolute Gasteiger partial charge is 0.324 e. The van der Waals surface area contributed by atoms with Crippen LogP contribution < -0.4 is 5.32 Å². The van der Waals surface area contributed by atoms with Crippen LogP contribution >= 0.6 is 0 Å². The maximum absolute atomic E-state index is 12.3. The number of aromatic nitrogens is 1. The SMILES string of the molecule is Cc1cc(C)c(NC(=O)CN(C)CCc2ccccn2)c(C)c1. The quantitative estimate of drug-likeness (QED) is 0.891. The number of aryl methyl sites for hydroxylation is 3. The Morgan fingerprint density at radius 3 is 2.48 bits per heavy atom. The van der Waals surface area contributed by atoms with Crippen molar-refractivity contribution in [2.45, 2.75) is 27.2 Å². The van der Waals surface area contributed by atoms with Gasteiger partial charge < -0.3 is 5.32 Å². The van der Waals surface area contributed by atoms with Crippen molar-refractivity contribution < 1.29 is 4.79 Å². The second-order valence-electron chi connectivity index (χ2n) is 6.13. The van der Waals surface area contributed by atoms with E-state index in [2.05, 4.69) is 29.4 Å². The fourth-order valence-corrected chi connectivity index (χ4v) is 2.73. The minimum absolute atomic E-state index is 0.0172. The number of hydrogen-bond acceptors (Lipinski definition) is 3. The van der Waals surface area contributed by atoms with Gasteiger partial charge in [-0.25, -0.2) is 0 Å². The number of pyridine rings is 1. The molecule has 0 atom stereocenters. The number of benzene rings is 1. The molecule has 0 radical (unpaired) electrons. The number of nitrogens with zero attached hydrogens (tertiary/aromatic N) is 2. The monoisotopic (exact) mass is 311 g/mol. The highest BCUT2D eigenvalue weighted by atomic mass is 16.2. The molecule has 0 bridgehead atoms. The molecule has 0 aliphatic carbocycles. The molecule has 1 amide bonds. The lowest BCUT2D eigenvalue weighted by Crippen LogP contribution is -2.32. The first-order valence-corrected chi connectivity index (χ1v) is 7.92. The van der Waals surface area contributed by atoms with E-state index in [4.69, 9.17) is 0 Å². The van der Waals surface area contributed by atoms with E-state index in [0.29, 0.717) is 6.54 Å². The summed E-state index contributed by atoms with van der Waals surface area (Å²) >= 11 is 0. The van der Waals surface area contributed by atoms with Gasteiger partial charge in [0.1, 0.15) is 0 Å². The Hall–Kier alpha value is -2.20. The molecule has 4 nitrogen and oxygen atoms in total. The van der Waals surface area contributed by atoms with E-state index in [9.17, 15) is 4.79 Å². The maximum atomic E-state index is 12.3.